The molecule has 0 unspecified atom stereocenters. The third-order valence-electron chi connectivity index (χ3n) is 2.67. The largest absolute Gasteiger partial charge is 0.505 e. The van der Waals surface area contributed by atoms with Gasteiger partial charge in [-0.25, -0.2) is 0 Å². The first kappa shape index (κ1) is 15.3. The van der Waals surface area contributed by atoms with E-state index in [0.29, 0.717) is 13.7 Å². The lowest BCUT2D eigenvalue weighted by Gasteiger charge is -2.15. The molecule has 0 atom stereocenters. The standard InChI is InChI=1S/C12H10BrIN2O4/c13-6-1-2-7(14)11(19)10(6)15-8-5-9(18)16(3-4-17)12(8)20/h1-2,5,15,17,19H,3-4H2. The summed E-state index contributed by atoms with van der Waals surface area (Å²) in [5.41, 5.74) is 0.372. The highest BCUT2D eigenvalue weighted by molar-refractivity contribution is 14.1. The highest BCUT2D eigenvalue weighted by Gasteiger charge is 2.31. The Bertz CT molecular complexity index is 618. The van der Waals surface area contributed by atoms with Crippen molar-refractivity contribution in [3.05, 3.63) is 31.9 Å². The second kappa shape index (κ2) is 6.10. The number of aliphatic hydroxyl groups excluding tert-OH is 1. The van der Waals surface area contributed by atoms with Gasteiger partial charge in [-0.15, -0.1) is 0 Å². The monoisotopic (exact) mass is 452 g/mol. The number of imide groups is 1. The number of hydrogen-bond donors (Lipinski definition) is 3. The zero-order chi connectivity index (χ0) is 14.9. The lowest BCUT2D eigenvalue weighted by atomic mass is 10.2. The molecule has 0 fully saturated rings. The molecule has 0 saturated heterocycles. The fourth-order valence-electron chi connectivity index (χ4n) is 1.70. The molecular weight excluding hydrogens is 443 g/mol. The maximum absolute atomic E-state index is 12.0. The van der Waals surface area contributed by atoms with Gasteiger partial charge in [0.1, 0.15) is 5.70 Å². The van der Waals surface area contributed by atoms with Gasteiger partial charge in [-0.1, -0.05) is 0 Å². The topological polar surface area (TPSA) is 89.9 Å². The minimum atomic E-state index is -0.533. The van der Waals surface area contributed by atoms with Crippen molar-refractivity contribution >= 4 is 56.0 Å². The maximum atomic E-state index is 12.0. The molecule has 1 heterocycles. The number of halogens is 2. The number of nitrogens with one attached hydrogen (secondary N) is 1. The normalized spacial score (nSPS) is 14.8. The van der Waals surface area contributed by atoms with E-state index >= 15 is 0 Å². The van der Waals surface area contributed by atoms with Crippen LogP contribution in [0.1, 0.15) is 0 Å². The number of β-amino-alcohol motifs (C(OH)–C–C–N with tert-alkyl or cyclic N) is 1. The van der Waals surface area contributed by atoms with Crippen LogP contribution in [0.25, 0.3) is 0 Å². The van der Waals surface area contributed by atoms with Gasteiger partial charge in [0.15, 0.2) is 5.75 Å². The number of anilines is 1. The molecule has 1 aromatic carbocycles. The average Bonchev–Trinajstić information content (AvgIpc) is 2.67. The minimum absolute atomic E-state index is 0.0123. The first-order chi connectivity index (χ1) is 9.45. The molecule has 8 heteroatoms. The molecule has 0 spiro atoms. The first-order valence-electron chi connectivity index (χ1n) is 5.58. The predicted molar refractivity (Wildman–Crippen MR) is 84.0 cm³/mol. The Labute approximate surface area is 136 Å². The van der Waals surface area contributed by atoms with Crippen molar-refractivity contribution in [1.82, 2.24) is 4.90 Å². The lowest BCUT2D eigenvalue weighted by molar-refractivity contribution is -0.137. The third-order valence-corrected chi connectivity index (χ3v) is 4.20. The quantitative estimate of drug-likeness (QED) is 0.365. The summed E-state index contributed by atoms with van der Waals surface area (Å²) in [6, 6.07) is 3.43. The van der Waals surface area contributed by atoms with Gasteiger partial charge in [-0.3, -0.25) is 14.5 Å². The van der Waals surface area contributed by atoms with Crippen LogP contribution in [0.5, 0.6) is 5.75 Å². The van der Waals surface area contributed by atoms with Crippen molar-refractivity contribution in [3.8, 4) is 5.75 Å². The van der Waals surface area contributed by atoms with E-state index in [0.717, 1.165) is 11.0 Å². The molecule has 1 aromatic rings. The predicted octanol–water partition coefficient (Wildman–Crippen LogP) is 1.42. The summed E-state index contributed by atoms with van der Waals surface area (Å²) in [7, 11) is 0. The smallest absolute Gasteiger partial charge is 0.277 e. The van der Waals surface area contributed by atoms with E-state index in [1.165, 1.54) is 0 Å². The van der Waals surface area contributed by atoms with Crippen LogP contribution in [0.2, 0.25) is 0 Å². The van der Waals surface area contributed by atoms with Crippen LogP contribution in [-0.2, 0) is 9.59 Å². The van der Waals surface area contributed by atoms with Gasteiger partial charge in [-0.05, 0) is 50.7 Å². The number of aliphatic hydroxyl groups is 1. The summed E-state index contributed by atoms with van der Waals surface area (Å²) >= 11 is 5.22. The van der Waals surface area contributed by atoms with Gasteiger partial charge in [0.2, 0.25) is 0 Å². The Hall–Kier alpha value is -1.13. The number of rotatable bonds is 4. The summed E-state index contributed by atoms with van der Waals surface area (Å²) in [6.07, 6.45) is 1.14. The minimum Gasteiger partial charge on any atom is -0.505 e. The van der Waals surface area contributed by atoms with Gasteiger partial charge in [-0.2, -0.15) is 0 Å². The van der Waals surface area contributed by atoms with Crippen molar-refractivity contribution in [1.29, 1.82) is 0 Å². The number of hydrogen-bond acceptors (Lipinski definition) is 5. The fourth-order valence-corrected chi connectivity index (χ4v) is 2.57. The molecule has 106 valence electrons. The first-order valence-corrected chi connectivity index (χ1v) is 7.45. The zero-order valence-electron chi connectivity index (χ0n) is 10.1. The highest BCUT2D eigenvalue weighted by Crippen LogP contribution is 2.37. The van der Waals surface area contributed by atoms with E-state index in [4.69, 9.17) is 5.11 Å². The van der Waals surface area contributed by atoms with Crippen molar-refractivity contribution < 1.29 is 19.8 Å². The Morgan fingerprint density at radius 3 is 2.70 bits per heavy atom. The molecule has 6 nitrogen and oxygen atoms in total. The number of carbonyl (C=O) groups is 2. The van der Waals surface area contributed by atoms with E-state index in [9.17, 15) is 14.7 Å². The van der Waals surface area contributed by atoms with Crippen molar-refractivity contribution in [2.45, 2.75) is 0 Å². The van der Waals surface area contributed by atoms with Crippen LogP contribution in [0.3, 0.4) is 0 Å². The lowest BCUT2D eigenvalue weighted by Crippen LogP contribution is -2.34. The molecule has 0 saturated carbocycles. The van der Waals surface area contributed by atoms with E-state index in [-0.39, 0.29) is 24.6 Å². The van der Waals surface area contributed by atoms with E-state index < -0.39 is 11.8 Å². The van der Waals surface area contributed by atoms with Crippen LogP contribution in [-0.4, -0.2) is 40.1 Å². The summed E-state index contributed by atoms with van der Waals surface area (Å²) < 4.78 is 1.18. The number of phenolic OH excluding ortho intramolecular Hbond substituents is 1. The number of nitrogens with zero attached hydrogens (tertiary/aromatic N) is 1. The molecule has 3 N–H and O–H groups in total. The van der Waals surface area contributed by atoms with Gasteiger partial charge >= 0.3 is 0 Å². The third kappa shape index (κ3) is 2.81. The molecule has 20 heavy (non-hydrogen) atoms. The zero-order valence-corrected chi connectivity index (χ0v) is 13.8. The maximum Gasteiger partial charge on any atom is 0.277 e. The molecule has 2 rings (SSSR count). The summed E-state index contributed by atoms with van der Waals surface area (Å²) in [6.45, 7) is -0.352. The summed E-state index contributed by atoms with van der Waals surface area (Å²) in [4.78, 5) is 24.5. The van der Waals surface area contributed by atoms with Gasteiger partial charge < -0.3 is 15.5 Å². The second-order valence-electron chi connectivity index (χ2n) is 3.95. The number of amides is 2. The average molecular weight is 453 g/mol. The number of phenols is 1. The Morgan fingerprint density at radius 2 is 2.05 bits per heavy atom. The van der Waals surface area contributed by atoms with Crippen molar-refractivity contribution in [2.75, 3.05) is 18.5 Å². The van der Waals surface area contributed by atoms with Crippen molar-refractivity contribution in [2.24, 2.45) is 0 Å². The molecule has 1 aliphatic rings. The van der Waals surface area contributed by atoms with Gasteiger partial charge in [0.25, 0.3) is 11.8 Å². The van der Waals surface area contributed by atoms with Crippen LogP contribution < -0.4 is 5.32 Å². The molecule has 1 aliphatic heterocycles. The Kier molecular flexibility index (Phi) is 4.66. The van der Waals surface area contributed by atoms with Crippen LogP contribution in [0.4, 0.5) is 5.69 Å². The molecule has 2 amide bonds. The molecular formula is C12H10BrIN2O4. The number of carbonyl (C=O) groups excluding carboxylic acids is 2. The van der Waals surface area contributed by atoms with Crippen LogP contribution >= 0.6 is 38.5 Å². The van der Waals surface area contributed by atoms with Crippen molar-refractivity contribution in [3.63, 3.8) is 0 Å². The van der Waals surface area contributed by atoms with E-state index in [2.05, 4.69) is 21.2 Å². The Morgan fingerprint density at radius 1 is 1.35 bits per heavy atom. The Balaban J connectivity index is 2.28. The molecule has 0 radical (unpaired) electrons. The second-order valence-corrected chi connectivity index (χ2v) is 5.97. The van der Waals surface area contributed by atoms with Crippen LogP contribution in [0.15, 0.2) is 28.4 Å². The molecule has 0 bridgehead atoms. The molecule has 0 aliphatic carbocycles. The highest BCUT2D eigenvalue weighted by atomic mass is 127. The van der Waals surface area contributed by atoms with Crippen LogP contribution in [0, 0.1) is 3.57 Å². The number of benzene rings is 1. The summed E-state index contributed by atoms with van der Waals surface area (Å²) in [5.74, 6) is -1.04. The van der Waals surface area contributed by atoms with Gasteiger partial charge in [0, 0.05) is 10.5 Å². The van der Waals surface area contributed by atoms with E-state index in [1.807, 2.05) is 22.6 Å². The molecule has 0 aromatic heterocycles. The number of aromatic hydroxyl groups is 1. The SMILES string of the molecule is O=C1C=C(Nc2c(Br)ccc(I)c2O)C(=O)N1CCO. The van der Waals surface area contributed by atoms with Gasteiger partial charge in [0.05, 0.1) is 22.4 Å². The summed E-state index contributed by atoms with van der Waals surface area (Å²) in [5, 5.41) is 21.6. The fraction of sp³-hybridized carbons (Fsp3) is 0.167. The van der Waals surface area contributed by atoms with E-state index in [1.54, 1.807) is 12.1 Å².